The van der Waals surface area contributed by atoms with E-state index in [0.29, 0.717) is 46.1 Å². The SMILES string of the molecule is Cn1ccc2c([C@H](Cc3cc(Cl)c4ncc(C#N)c(NCC(C)(C)C)c4c3)c3nnn(C45CC(C4)C5)c3F)cccc2c1=O. The lowest BCUT2D eigenvalue weighted by Gasteiger charge is -2.60. The highest BCUT2D eigenvalue weighted by molar-refractivity contribution is 6.35. The molecule has 3 aliphatic rings. The molecule has 0 unspecified atom stereocenters. The van der Waals surface area contributed by atoms with E-state index in [-0.39, 0.29) is 22.2 Å². The summed E-state index contributed by atoms with van der Waals surface area (Å²) in [5.74, 6) is -0.333. The third-order valence-electron chi connectivity index (χ3n) is 9.30. The maximum atomic E-state index is 16.4. The molecule has 10 heteroatoms. The van der Waals surface area contributed by atoms with Gasteiger partial charge in [0.15, 0.2) is 0 Å². The maximum Gasteiger partial charge on any atom is 0.258 e. The van der Waals surface area contributed by atoms with Crippen molar-refractivity contribution in [3.8, 4) is 6.07 Å². The number of nitrogens with one attached hydrogen (secondary N) is 1. The van der Waals surface area contributed by atoms with Gasteiger partial charge in [-0.05, 0) is 77.8 Å². The molecule has 3 saturated carbocycles. The third-order valence-corrected chi connectivity index (χ3v) is 9.58. The summed E-state index contributed by atoms with van der Waals surface area (Å²) < 4.78 is 19.4. The predicted molar refractivity (Wildman–Crippen MR) is 169 cm³/mol. The van der Waals surface area contributed by atoms with Crippen molar-refractivity contribution in [3.05, 3.63) is 92.5 Å². The van der Waals surface area contributed by atoms with Crippen molar-refractivity contribution in [1.29, 1.82) is 5.26 Å². The van der Waals surface area contributed by atoms with Gasteiger partial charge < -0.3 is 9.88 Å². The second-order valence-corrected chi connectivity index (χ2v) is 14.1. The molecule has 0 spiro atoms. The molecule has 224 valence electrons. The fraction of sp³-hybridized carbons (Fsp3) is 0.382. The van der Waals surface area contributed by atoms with Crippen LogP contribution in [-0.2, 0) is 19.0 Å². The smallest absolute Gasteiger partial charge is 0.258 e. The Balaban J connectivity index is 1.39. The van der Waals surface area contributed by atoms with Gasteiger partial charge in [0.2, 0.25) is 5.95 Å². The van der Waals surface area contributed by atoms with Crippen molar-refractivity contribution >= 4 is 39.0 Å². The molecule has 3 aromatic heterocycles. The highest BCUT2D eigenvalue weighted by atomic mass is 35.5. The van der Waals surface area contributed by atoms with Crippen LogP contribution in [0, 0.1) is 28.6 Å². The molecule has 2 aromatic carbocycles. The van der Waals surface area contributed by atoms with Gasteiger partial charge in [0.05, 0.1) is 27.3 Å². The Morgan fingerprint density at radius 1 is 1.18 bits per heavy atom. The summed E-state index contributed by atoms with van der Waals surface area (Å²) in [5, 5.41) is 24.6. The van der Waals surface area contributed by atoms with Crippen LogP contribution in [0.1, 0.15) is 68.3 Å². The molecule has 3 fully saturated rings. The van der Waals surface area contributed by atoms with Crippen molar-refractivity contribution in [2.75, 3.05) is 11.9 Å². The third kappa shape index (κ3) is 4.55. The van der Waals surface area contributed by atoms with Crippen LogP contribution in [0.2, 0.25) is 5.02 Å². The summed E-state index contributed by atoms with van der Waals surface area (Å²) in [7, 11) is 1.72. The zero-order chi connectivity index (χ0) is 31.0. The molecule has 44 heavy (non-hydrogen) atoms. The van der Waals surface area contributed by atoms with E-state index < -0.39 is 11.9 Å². The number of anilines is 1. The summed E-state index contributed by atoms with van der Waals surface area (Å²) in [6.45, 7) is 6.98. The normalized spacial score (nSPS) is 19.8. The molecule has 8 rings (SSSR count). The zero-order valence-electron chi connectivity index (χ0n) is 25.2. The molecule has 0 saturated heterocycles. The number of rotatable bonds is 7. The van der Waals surface area contributed by atoms with Crippen LogP contribution in [0.4, 0.5) is 10.1 Å². The number of benzene rings is 2. The molecule has 8 nitrogen and oxygen atoms in total. The minimum Gasteiger partial charge on any atom is -0.383 e. The lowest BCUT2D eigenvalue weighted by Crippen LogP contribution is -2.60. The molecule has 1 atom stereocenters. The number of fused-ring (bicyclic) bond motifs is 2. The van der Waals surface area contributed by atoms with Gasteiger partial charge >= 0.3 is 0 Å². The van der Waals surface area contributed by atoms with Crippen LogP contribution >= 0.6 is 11.6 Å². The highest BCUT2D eigenvalue weighted by Crippen LogP contribution is 2.62. The first-order chi connectivity index (χ1) is 21.0. The second-order valence-electron chi connectivity index (χ2n) is 13.7. The van der Waals surface area contributed by atoms with Crippen LogP contribution in [0.25, 0.3) is 21.7 Å². The molecular weight excluding hydrogens is 577 g/mol. The molecule has 0 radical (unpaired) electrons. The Morgan fingerprint density at radius 3 is 2.64 bits per heavy atom. The van der Waals surface area contributed by atoms with Crippen LogP contribution in [0.3, 0.4) is 0 Å². The molecule has 1 N–H and O–H groups in total. The summed E-state index contributed by atoms with van der Waals surface area (Å²) >= 11 is 6.83. The van der Waals surface area contributed by atoms with Crippen LogP contribution in [0.15, 0.2) is 53.6 Å². The molecule has 0 amide bonds. The Kier molecular flexibility index (Phi) is 6.56. The van der Waals surface area contributed by atoms with Crippen LogP contribution < -0.4 is 10.9 Å². The standard InChI is InChI=1S/C34H33ClFN7O/c1-33(2,3)18-39-28-21(16-37)17-38-29-26(28)11-19(12-27(29)35)10-25(22-6-5-7-24-23(22)8-9-42(4)32(24)44)30-31(36)43(41-40-30)34-13-20(14-34)15-34/h5-9,11-12,17,20,25H,10,13-15,18H2,1-4H3,(H,38,39)/t20?,25-,34?/m0/s1. The first kappa shape index (κ1) is 28.5. The Morgan fingerprint density at radius 2 is 1.95 bits per heavy atom. The lowest BCUT2D eigenvalue weighted by atomic mass is 9.50. The van der Waals surface area contributed by atoms with Gasteiger partial charge in [-0.15, -0.1) is 5.10 Å². The number of pyridine rings is 2. The van der Waals surface area contributed by atoms with Gasteiger partial charge in [-0.2, -0.15) is 9.65 Å². The molecule has 3 heterocycles. The Bertz CT molecular complexity index is 2050. The van der Waals surface area contributed by atoms with E-state index in [1.54, 1.807) is 19.3 Å². The number of aromatic nitrogens is 5. The maximum absolute atomic E-state index is 16.4. The quantitative estimate of drug-likeness (QED) is 0.221. The van der Waals surface area contributed by atoms with Gasteiger partial charge in [0, 0.05) is 42.7 Å². The van der Waals surface area contributed by atoms with E-state index in [4.69, 9.17) is 11.6 Å². The first-order valence-electron chi connectivity index (χ1n) is 14.9. The Hall–Kier alpha value is -4.29. The van der Waals surface area contributed by atoms with Crippen molar-refractivity contribution in [3.63, 3.8) is 0 Å². The number of nitrogens with zero attached hydrogens (tertiary/aromatic N) is 6. The topological polar surface area (TPSA) is 101 Å². The van der Waals surface area contributed by atoms with Gasteiger partial charge in [-0.1, -0.05) is 49.7 Å². The summed E-state index contributed by atoms with van der Waals surface area (Å²) in [5.41, 5.74) is 3.09. The molecule has 3 aliphatic carbocycles. The van der Waals surface area contributed by atoms with Crippen LogP contribution in [0.5, 0.6) is 0 Å². The number of nitriles is 1. The number of hydrogen-bond donors (Lipinski definition) is 1. The van der Waals surface area contributed by atoms with Gasteiger partial charge in [0.25, 0.3) is 5.56 Å². The second kappa shape index (κ2) is 10.1. The largest absolute Gasteiger partial charge is 0.383 e. The van der Waals surface area contributed by atoms with Crippen molar-refractivity contribution in [1.82, 2.24) is 24.5 Å². The van der Waals surface area contributed by atoms with E-state index in [0.717, 1.165) is 41.2 Å². The Labute approximate surface area is 259 Å². The average Bonchev–Trinajstić information content (AvgIpc) is 3.30. The summed E-state index contributed by atoms with van der Waals surface area (Å²) in [4.78, 5) is 17.6. The monoisotopic (exact) mass is 609 g/mol. The van der Waals surface area contributed by atoms with Gasteiger partial charge in [-0.3, -0.25) is 9.78 Å². The van der Waals surface area contributed by atoms with Gasteiger partial charge in [0.1, 0.15) is 11.8 Å². The van der Waals surface area contributed by atoms with Gasteiger partial charge in [-0.25, -0.2) is 4.68 Å². The van der Waals surface area contributed by atoms with Crippen molar-refractivity contribution < 1.29 is 4.39 Å². The first-order valence-corrected chi connectivity index (χ1v) is 15.3. The lowest BCUT2D eigenvalue weighted by molar-refractivity contribution is -0.106. The predicted octanol–water partition coefficient (Wildman–Crippen LogP) is 6.68. The molecular formula is C34H33ClFN7O. The number of halogens is 2. The minimum absolute atomic E-state index is 0.0377. The molecule has 0 aliphatic heterocycles. The number of hydrogen-bond acceptors (Lipinski definition) is 6. The highest BCUT2D eigenvalue weighted by Gasteiger charge is 2.60. The van der Waals surface area contributed by atoms with Crippen molar-refractivity contribution in [2.24, 2.45) is 18.4 Å². The average molecular weight is 610 g/mol. The molecule has 2 bridgehead atoms. The van der Waals surface area contributed by atoms with Crippen molar-refractivity contribution in [2.45, 2.75) is 57.9 Å². The van der Waals surface area contributed by atoms with E-state index >= 15 is 4.39 Å². The van der Waals surface area contributed by atoms with E-state index in [9.17, 15) is 10.1 Å². The summed E-state index contributed by atoms with van der Waals surface area (Å²) in [6, 6.07) is 13.5. The summed E-state index contributed by atoms with van der Waals surface area (Å²) in [6.07, 6.45) is 6.40. The van der Waals surface area contributed by atoms with E-state index in [1.807, 2.05) is 30.3 Å². The molecule has 5 aromatic rings. The number of aryl methyl sites for hydroxylation is 1. The van der Waals surface area contributed by atoms with E-state index in [2.05, 4.69) is 47.5 Å². The van der Waals surface area contributed by atoms with E-state index in [1.165, 1.54) is 15.4 Å². The fourth-order valence-electron chi connectivity index (χ4n) is 6.85. The van der Waals surface area contributed by atoms with Crippen LogP contribution in [-0.4, -0.2) is 31.1 Å². The minimum atomic E-state index is -0.557. The zero-order valence-corrected chi connectivity index (χ0v) is 25.9. The fourth-order valence-corrected chi connectivity index (χ4v) is 7.14.